The maximum absolute atomic E-state index is 13.3. The number of halogens is 4. The van der Waals surface area contributed by atoms with E-state index in [1.54, 1.807) is 18.2 Å². The SMILES string of the molecule is Fc1cc(Oc2cc(Cl)ccc2CBr)ccc1Cl. The monoisotopic (exact) mass is 348 g/mol. The molecule has 0 saturated carbocycles. The van der Waals surface area contributed by atoms with E-state index in [0.29, 0.717) is 21.9 Å². The minimum absolute atomic E-state index is 0.0640. The van der Waals surface area contributed by atoms with Gasteiger partial charge in [0.25, 0.3) is 0 Å². The zero-order chi connectivity index (χ0) is 13.1. The lowest BCUT2D eigenvalue weighted by Gasteiger charge is -2.10. The Balaban J connectivity index is 2.33. The molecule has 0 aliphatic heterocycles. The van der Waals surface area contributed by atoms with Crippen LogP contribution < -0.4 is 4.74 Å². The first-order chi connectivity index (χ1) is 8.60. The van der Waals surface area contributed by atoms with Crippen molar-refractivity contribution < 1.29 is 9.13 Å². The van der Waals surface area contributed by atoms with E-state index in [4.69, 9.17) is 27.9 Å². The second-order valence-electron chi connectivity index (χ2n) is 3.56. The quantitative estimate of drug-likeness (QED) is 0.634. The van der Waals surface area contributed by atoms with Gasteiger partial charge in [0.15, 0.2) is 0 Å². The number of ether oxygens (including phenoxy) is 1. The maximum Gasteiger partial charge on any atom is 0.145 e. The molecule has 0 aliphatic carbocycles. The predicted octanol–water partition coefficient (Wildman–Crippen LogP) is 5.82. The lowest BCUT2D eigenvalue weighted by atomic mass is 10.2. The second-order valence-corrected chi connectivity index (χ2v) is 4.97. The van der Waals surface area contributed by atoms with Gasteiger partial charge >= 0.3 is 0 Å². The Bertz CT molecular complexity index is 575. The first-order valence-electron chi connectivity index (χ1n) is 5.07. The van der Waals surface area contributed by atoms with Crippen LogP contribution in [-0.2, 0) is 5.33 Å². The summed E-state index contributed by atoms with van der Waals surface area (Å²) in [6, 6.07) is 9.59. The topological polar surface area (TPSA) is 9.23 Å². The van der Waals surface area contributed by atoms with Crippen LogP contribution in [0.2, 0.25) is 10.0 Å². The molecule has 94 valence electrons. The van der Waals surface area contributed by atoms with Gasteiger partial charge in [0, 0.05) is 22.0 Å². The van der Waals surface area contributed by atoms with Gasteiger partial charge in [-0.15, -0.1) is 0 Å². The zero-order valence-corrected chi connectivity index (χ0v) is 12.2. The Labute approximate surface area is 123 Å². The Hall–Kier alpha value is -0.770. The molecule has 0 bridgehead atoms. The van der Waals surface area contributed by atoms with Crippen molar-refractivity contribution in [3.05, 3.63) is 57.8 Å². The van der Waals surface area contributed by atoms with Crippen molar-refractivity contribution in [2.75, 3.05) is 0 Å². The van der Waals surface area contributed by atoms with Gasteiger partial charge in [-0.05, 0) is 24.3 Å². The molecule has 0 atom stereocenters. The van der Waals surface area contributed by atoms with Gasteiger partial charge < -0.3 is 4.74 Å². The third-order valence-corrected chi connectivity index (χ3v) is 3.44. The van der Waals surface area contributed by atoms with Gasteiger partial charge in [-0.1, -0.05) is 45.2 Å². The number of alkyl halides is 1. The molecule has 0 heterocycles. The van der Waals surface area contributed by atoms with Crippen LogP contribution in [0.25, 0.3) is 0 Å². The molecular weight excluding hydrogens is 342 g/mol. The van der Waals surface area contributed by atoms with Crippen LogP contribution in [0.4, 0.5) is 4.39 Å². The van der Waals surface area contributed by atoms with Crippen molar-refractivity contribution in [2.24, 2.45) is 0 Å². The molecule has 0 radical (unpaired) electrons. The molecule has 2 aromatic rings. The highest BCUT2D eigenvalue weighted by Crippen LogP contribution is 2.31. The fraction of sp³-hybridized carbons (Fsp3) is 0.0769. The number of benzene rings is 2. The van der Waals surface area contributed by atoms with Gasteiger partial charge in [0.2, 0.25) is 0 Å². The molecule has 0 amide bonds. The third kappa shape index (κ3) is 3.16. The van der Waals surface area contributed by atoms with Crippen LogP contribution in [0.5, 0.6) is 11.5 Å². The van der Waals surface area contributed by atoms with Gasteiger partial charge in [-0.25, -0.2) is 4.39 Å². The van der Waals surface area contributed by atoms with E-state index in [1.165, 1.54) is 12.1 Å². The lowest BCUT2D eigenvalue weighted by Crippen LogP contribution is -1.90. The molecule has 0 unspecified atom stereocenters. The third-order valence-electron chi connectivity index (χ3n) is 2.29. The minimum atomic E-state index is -0.517. The molecular formula is C13H8BrCl2FO. The molecule has 5 heteroatoms. The smallest absolute Gasteiger partial charge is 0.145 e. The van der Waals surface area contributed by atoms with Crippen LogP contribution >= 0.6 is 39.1 Å². The molecule has 18 heavy (non-hydrogen) atoms. The molecule has 0 saturated heterocycles. The number of rotatable bonds is 3. The Morgan fingerprint density at radius 2 is 1.89 bits per heavy atom. The molecule has 2 aromatic carbocycles. The standard InChI is InChI=1S/C13H8BrCl2FO/c14-7-8-1-2-9(15)5-13(8)18-10-3-4-11(16)12(17)6-10/h1-6H,7H2. The molecule has 0 spiro atoms. The first kappa shape index (κ1) is 13.7. The van der Waals surface area contributed by atoms with Crippen molar-refractivity contribution in [2.45, 2.75) is 5.33 Å². The number of hydrogen-bond acceptors (Lipinski definition) is 1. The van der Waals surface area contributed by atoms with Crippen LogP contribution in [-0.4, -0.2) is 0 Å². The van der Waals surface area contributed by atoms with Gasteiger partial charge in [-0.3, -0.25) is 0 Å². The van der Waals surface area contributed by atoms with Crippen LogP contribution in [0.1, 0.15) is 5.56 Å². The van der Waals surface area contributed by atoms with Crippen molar-refractivity contribution in [3.63, 3.8) is 0 Å². The highest BCUT2D eigenvalue weighted by Gasteiger charge is 2.07. The number of hydrogen-bond donors (Lipinski definition) is 0. The fourth-order valence-corrected chi connectivity index (χ4v) is 2.14. The highest BCUT2D eigenvalue weighted by atomic mass is 79.9. The summed E-state index contributed by atoms with van der Waals surface area (Å²) in [5, 5.41) is 1.24. The fourth-order valence-electron chi connectivity index (χ4n) is 1.40. The van der Waals surface area contributed by atoms with E-state index in [-0.39, 0.29) is 5.02 Å². The van der Waals surface area contributed by atoms with Gasteiger partial charge in [-0.2, -0.15) is 0 Å². The van der Waals surface area contributed by atoms with E-state index in [2.05, 4.69) is 15.9 Å². The minimum Gasteiger partial charge on any atom is -0.457 e. The van der Waals surface area contributed by atoms with Crippen molar-refractivity contribution in [1.82, 2.24) is 0 Å². The Kier molecular flexibility index (Phi) is 4.49. The van der Waals surface area contributed by atoms with E-state index in [0.717, 1.165) is 5.56 Å². The summed E-state index contributed by atoms with van der Waals surface area (Å²) in [4.78, 5) is 0. The van der Waals surface area contributed by atoms with Crippen LogP contribution in [0.3, 0.4) is 0 Å². The maximum atomic E-state index is 13.3. The van der Waals surface area contributed by atoms with Crippen molar-refractivity contribution in [1.29, 1.82) is 0 Å². The first-order valence-corrected chi connectivity index (χ1v) is 6.95. The molecule has 1 nitrogen and oxygen atoms in total. The van der Waals surface area contributed by atoms with E-state index in [1.807, 2.05) is 6.07 Å². The van der Waals surface area contributed by atoms with Gasteiger partial charge in [0.1, 0.15) is 17.3 Å². The molecule has 0 aliphatic rings. The summed E-state index contributed by atoms with van der Waals surface area (Å²) in [7, 11) is 0. The van der Waals surface area contributed by atoms with Gasteiger partial charge in [0.05, 0.1) is 5.02 Å². The normalized spacial score (nSPS) is 10.4. The summed E-state index contributed by atoms with van der Waals surface area (Å²) in [5.74, 6) is 0.444. The van der Waals surface area contributed by atoms with Crippen LogP contribution in [0, 0.1) is 5.82 Å². The average molecular weight is 350 g/mol. The molecule has 0 aromatic heterocycles. The largest absolute Gasteiger partial charge is 0.457 e. The van der Waals surface area contributed by atoms with E-state index < -0.39 is 5.82 Å². The van der Waals surface area contributed by atoms with Crippen molar-refractivity contribution >= 4 is 39.1 Å². The summed E-state index contributed by atoms with van der Waals surface area (Å²) >= 11 is 14.9. The van der Waals surface area contributed by atoms with E-state index >= 15 is 0 Å². The van der Waals surface area contributed by atoms with Crippen molar-refractivity contribution in [3.8, 4) is 11.5 Å². The van der Waals surface area contributed by atoms with E-state index in [9.17, 15) is 4.39 Å². The summed E-state index contributed by atoms with van der Waals surface area (Å²) in [6.45, 7) is 0. The molecule has 2 rings (SSSR count). The average Bonchev–Trinajstić information content (AvgIpc) is 2.34. The summed E-state index contributed by atoms with van der Waals surface area (Å²) in [5.41, 5.74) is 0.926. The summed E-state index contributed by atoms with van der Waals surface area (Å²) < 4.78 is 18.9. The Morgan fingerprint density at radius 3 is 2.56 bits per heavy atom. The molecule has 0 N–H and O–H groups in total. The highest BCUT2D eigenvalue weighted by molar-refractivity contribution is 9.08. The lowest BCUT2D eigenvalue weighted by molar-refractivity contribution is 0.473. The zero-order valence-electron chi connectivity index (χ0n) is 9.09. The second kappa shape index (κ2) is 5.91. The molecule has 0 fully saturated rings. The summed E-state index contributed by atoms with van der Waals surface area (Å²) in [6.07, 6.45) is 0. The predicted molar refractivity (Wildman–Crippen MR) is 75.6 cm³/mol. The van der Waals surface area contributed by atoms with Crippen LogP contribution in [0.15, 0.2) is 36.4 Å². The Morgan fingerprint density at radius 1 is 1.11 bits per heavy atom.